The molecule has 0 radical (unpaired) electrons. The zero-order valence-electron chi connectivity index (χ0n) is 8.68. The van der Waals surface area contributed by atoms with Crippen LogP contribution in [0.5, 0.6) is 5.75 Å². The Morgan fingerprint density at radius 1 is 1.38 bits per heavy atom. The molecule has 1 aromatic carbocycles. The van der Waals surface area contributed by atoms with E-state index in [4.69, 9.17) is 22.1 Å². The molecule has 0 atom stereocenters. The van der Waals surface area contributed by atoms with Crippen molar-refractivity contribution in [2.24, 2.45) is 5.73 Å². The van der Waals surface area contributed by atoms with Crippen LogP contribution in [0.3, 0.4) is 0 Å². The van der Waals surface area contributed by atoms with Crippen LogP contribution in [0.4, 0.5) is 8.78 Å². The zero-order valence-corrected chi connectivity index (χ0v) is 9.44. The van der Waals surface area contributed by atoms with Crippen LogP contribution in [0.25, 0.3) is 0 Å². The largest absolute Gasteiger partial charge is 0.472 e. The van der Waals surface area contributed by atoms with Crippen molar-refractivity contribution in [1.29, 1.82) is 0 Å². The smallest absolute Gasteiger partial charge is 0.261 e. The van der Waals surface area contributed by atoms with Gasteiger partial charge in [0.1, 0.15) is 0 Å². The van der Waals surface area contributed by atoms with E-state index in [0.29, 0.717) is 0 Å². The molecule has 0 unspecified atom stereocenters. The summed E-state index contributed by atoms with van der Waals surface area (Å²) in [7, 11) is 0. The molecule has 0 aliphatic heterocycles. The van der Waals surface area contributed by atoms with Gasteiger partial charge in [-0.3, -0.25) is 4.79 Å². The number of ether oxygens (including phenoxy) is 1. The zero-order chi connectivity index (χ0) is 12.5. The number of carbonyl (C=O) groups is 1. The fourth-order valence-corrected chi connectivity index (χ4v) is 1.12. The third-order valence-corrected chi connectivity index (χ3v) is 2.13. The van der Waals surface area contributed by atoms with E-state index in [2.05, 4.69) is 0 Å². The number of rotatable bonds is 3. The molecule has 0 bridgehead atoms. The predicted molar refractivity (Wildman–Crippen MR) is 55.3 cm³/mol. The lowest BCUT2D eigenvalue weighted by Crippen LogP contribution is -2.43. The number of hydrogen-bond donors (Lipinski definition) is 1. The number of amides is 1. The summed E-state index contributed by atoms with van der Waals surface area (Å²) in [5.41, 5.74) is 3.51. The van der Waals surface area contributed by atoms with Crippen molar-refractivity contribution in [3.05, 3.63) is 28.8 Å². The molecule has 1 aromatic rings. The normalized spacial score (nSPS) is 11.3. The highest BCUT2D eigenvalue weighted by molar-refractivity contribution is 6.30. The monoisotopic (exact) mass is 249 g/mol. The summed E-state index contributed by atoms with van der Waals surface area (Å²) >= 11 is 5.43. The first-order valence-electron chi connectivity index (χ1n) is 4.37. The lowest BCUT2D eigenvalue weighted by atomic mass is 10.1. The molecule has 0 saturated heterocycles. The molecular formula is C10H10ClF2NO2. The Hall–Kier alpha value is -1.36. The fourth-order valence-electron chi connectivity index (χ4n) is 0.932. The number of primary amides is 1. The molecule has 6 heteroatoms. The summed E-state index contributed by atoms with van der Waals surface area (Å²) in [6, 6.07) is 1.77. The molecule has 1 rings (SSSR count). The SMILES string of the molecule is CC(C)(Oc1c(F)cc(Cl)cc1F)C(N)=O. The van der Waals surface area contributed by atoms with Gasteiger partial charge in [-0.15, -0.1) is 0 Å². The van der Waals surface area contributed by atoms with E-state index >= 15 is 0 Å². The standard InChI is InChI=1S/C10H10ClF2NO2/c1-10(2,9(14)15)16-8-6(12)3-5(11)4-7(8)13/h3-4H,1-2H3,(H2,14,15). The van der Waals surface area contributed by atoms with Crippen LogP contribution in [0.1, 0.15) is 13.8 Å². The van der Waals surface area contributed by atoms with Crippen molar-refractivity contribution in [1.82, 2.24) is 0 Å². The number of benzene rings is 1. The average Bonchev–Trinajstić information content (AvgIpc) is 2.11. The van der Waals surface area contributed by atoms with Crippen LogP contribution in [0, 0.1) is 11.6 Å². The highest BCUT2D eigenvalue weighted by atomic mass is 35.5. The van der Waals surface area contributed by atoms with Gasteiger partial charge >= 0.3 is 0 Å². The van der Waals surface area contributed by atoms with E-state index in [9.17, 15) is 13.6 Å². The quantitative estimate of drug-likeness (QED) is 0.893. The Labute approximate surface area is 96.1 Å². The molecule has 0 heterocycles. The molecule has 2 N–H and O–H groups in total. The molecule has 0 saturated carbocycles. The lowest BCUT2D eigenvalue weighted by molar-refractivity contribution is -0.130. The molecule has 0 aromatic heterocycles. The van der Waals surface area contributed by atoms with Gasteiger partial charge in [0.25, 0.3) is 5.91 Å². The first kappa shape index (κ1) is 12.7. The van der Waals surface area contributed by atoms with Gasteiger partial charge in [-0.25, -0.2) is 8.78 Å². The Morgan fingerprint density at radius 3 is 2.19 bits per heavy atom. The van der Waals surface area contributed by atoms with E-state index in [1.807, 2.05) is 0 Å². The number of halogens is 3. The molecule has 88 valence electrons. The Balaban J connectivity index is 3.11. The van der Waals surface area contributed by atoms with E-state index in [0.717, 1.165) is 12.1 Å². The van der Waals surface area contributed by atoms with Crippen molar-refractivity contribution in [2.45, 2.75) is 19.4 Å². The Bertz CT molecular complexity index is 412. The predicted octanol–water partition coefficient (Wildman–Crippen LogP) is 2.26. The van der Waals surface area contributed by atoms with Gasteiger partial charge in [-0.1, -0.05) is 11.6 Å². The third-order valence-electron chi connectivity index (χ3n) is 1.91. The molecular weight excluding hydrogens is 240 g/mol. The van der Waals surface area contributed by atoms with E-state index in [1.54, 1.807) is 0 Å². The maximum Gasteiger partial charge on any atom is 0.261 e. The summed E-state index contributed by atoms with van der Waals surface area (Å²) in [4.78, 5) is 10.9. The van der Waals surface area contributed by atoms with Crippen LogP contribution in [-0.2, 0) is 4.79 Å². The van der Waals surface area contributed by atoms with Crippen LogP contribution in [0.15, 0.2) is 12.1 Å². The van der Waals surface area contributed by atoms with E-state index in [1.165, 1.54) is 13.8 Å². The average molecular weight is 250 g/mol. The van der Waals surface area contributed by atoms with Gasteiger partial charge in [-0.2, -0.15) is 0 Å². The second-order valence-electron chi connectivity index (χ2n) is 3.68. The second-order valence-corrected chi connectivity index (χ2v) is 4.11. The van der Waals surface area contributed by atoms with Crippen molar-refractivity contribution in [3.8, 4) is 5.75 Å². The number of carbonyl (C=O) groups excluding carboxylic acids is 1. The van der Waals surface area contributed by atoms with Gasteiger partial charge in [0.05, 0.1) is 0 Å². The molecule has 16 heavy (non-hydrogen) atoms. The Morgan fingerprint density at radius 2 is 1.81 bits per heavy atom. The van der Waals surface area contributed by atoms with Crippen LogP contribution >= 0.6 is 11.6 Å². The summed E-state index contributed by atoms with van der Waals surface area (Å²) in [6.45, 7) is 2.62. The van der Waals surface area contributed by atoms with Crippen LogP contribution < -0.4 is 10.5 Å². The fraction of sp³-hybridized carbons (Fsp3) is 0.300. The van der Waals surface area contributed by atoms with E-state index < -0.39 is 28.9 Å². The minimum atomic E-state index is -1.50. The maximum atomic E-state index is 13.3. The summed E-state index contributed by atoms with van der Waals surface area (Å²) in [6.07, 6.45) is 0. The highest BCUT2D eigenvalue weighted by Crippen LogP contribution is 2.28. The summed E-state index contributed by atoms with van der Waals surface area (Å²) < 4.78 is 31.5. The molecule has 1 amide bonds. The molecule has 0 spiro atoms. The van der Waals surface area contributed by atoms with Crippen molar-refractivity contribution in [3.63, 3.8) is 0 Å². The van der Waals surface area contributed by atoms with Gasteiger partial charge in [0.15, 0.2) is 23.0 Å². The van der Waals surface area contributed by atoms with Crippen molar-refractivity contribution < 1.29 is 18.3 Å². The molecule has 0 aliphatic rings. The molecule has 0 aliphatic carbocycles. The van der Waals surface area contributed by atoms with Gasteiger partial charge in [0.2, 0.25) is 0 Å². The van der Waals surface area contributed by atoms with Crippen LogP contribution in [0.2, 0.25) is 5.02 Å². The van der Waals surface area contributed by atoms with Crippen molar-refractivity contribution in [2.75, 3.05) is 0 Å². The minimum Gasteiger partial charge on any atom is -0.472 e. The number of hydrogen-bond acceptors (Lipinski definition) is 2. The van der Waals surface area contributed by atoms with Crippen LogP contribution in [-0.4, -0.2) is 11.5 Å². The van der Waals surface area contributed by atoms with Gasteiger partial charge in [0, 0.05) is 5.02 Å². The maximum absolute atomic E-state index is 13.3. The van der Waals surface area contributed by atoms with Gasteiger partial charge < -0.3 is 10.5 Å². The summed E-state index contributed by atoms with van der Waals surface area (Å²) in [5, 5.41) is -0.0979. The Kier molecular flexibility index (Phi) is 3.38. The third kappa shape index (κ3) is 2.61. The molecule has 3 nitrogen and oxygen atoms in total. The van der Waals surface area contributed by atoms with E-state index in [-0.39, 0.29) is 5.02 Å². The first-order chi connectivity index (χ1) is 7.24. The van der Waals surface area contributed by atoms with Crippen molar-refractivity contribution >= 4 is 17.5 Å². The lowest BCUT2D eigenvalue weighted by Gasteiger charge is -2.23. The topological polar surface area (TPSA) is 52.3 Å². The first-order valence-corrected chi connectivity index (χ1v) is 4.75. The number of nitrogens with two attached hydrogens (primary N) is 1. The highest BCUT2D eigenvalue weighted by Gasteiger charge is 2.29. The second kappa shape index (κ2) is 4.25. The minimum absolute atomic E-state index is 0.0979. The van der Waals surface area contributed by atoms with Gasteiger partial charge in [-0.05, 0) is 26.0 Å². The summed E-state index contributed by atoms with van der Waals surface area (Å²) in [5.74, 6) is -3.48. The molecule has 0 fully saturated rings.